The van der Waals surface area contributed by atoms with Gasteiger partial charge in [-0.2, -0.15) is 0 Å². The van der Waals surface area contributed by atoms with Crippen molar-refractivity contribution in [2.45, 2.75) is 12.3 Å². The number of imidazole rings is 1. The maximum atomic E-state index is 7.69. The number of aromatic nitrogens is 2. The first kappa shape index (κ1) is 32.7. The van der Waals surface area contributed by atoms with Gasteiger partial charge in [0.2, 0.25) is 0 Å². The van der Waals surface area contributed by atoms with Crippen molar-refractivity contribution in [3.63, 3.8) is 0 Å². The lowest BCUT2D eigenvalue weighted by atomic mass is 9.87. The molecule has 0 amide bonds. The van der Waals surface area contributed by atoms with Gasteiger partial charge < -0.3 is 19.5 Å². The van der Waals surface area contributed by atoms with Crippen LogP contribution >= 0.6 is 22.7 Å². The van der Waals surface area contributed by atoms with Gasteiger partial charge in [-0.25, -0.2) is 9.88 Å². The molecule has 274 valence electrons. The van der Waals surface area contributed by atoms with Crippen molar-refractivity contribution >= 4 is 76.2 Å². The highest BCUT2D eigenvalue weighted by molar-refractivity contribution is 7.22. The van der Waals surface area contributed by atoms with Crippen LogP contribution in [0.3, 0.4) is 0 Å². The van der Waals surface area contributed by atoms with Gasteiger partial charge in [0.15, 0.2) is 5.75 Å². The number of nitrogens with zero attached hydrogens (tertiary/aromatic N) is 3. The van der Waals surface area contributed by atoms with E-state index in [0.29, 0.717) is 5.82 Å². The van der Waals surface area contributed by atoms with Gasteiger partial charge in [-0.1, -0.05) is 85.0 Å². The molecule has 0 radical (unpaired) electrons. The van der Waals surface area contributed by atoms with Crippen LogP contribution in [0.1, 0.15) is 16.9 Å². The molecule has 0 aliphatic carbocycles. The SMILES string of the molecule is C1=C\C=C/C(c2c3c(c(-c4cc5ccccc5s4)c(-c4cc5ccccc5o4)c2-c2nc4ccccc4[nH]2)NC(c2cc4ccccc4s2)(N2CCC2)O3)=N\C=C/1. The topological polar surface area (TPSA) is 78.7 Å². The average Bonchev–Trinajstić information content (AvgIpc) is 4.04. The minimum absolute atomic E-state index is 0.705. The maximum Gasteiger partial charge on any atom is 0.277 e. The number of aliphatic imine (C=N–C) groups is 1. The first-order valence-corrected chi connectivity index (χ1v) is 20.8. The molecule has 5 aromatic carbocycles. The number of hydrogen-bond donors (Lipinski definition) is 2. The number of H-pyrrole nitrogens is 1. The lowest BCUT2D eigenvalue weighted by Gasteiger charge is -2.44. The van der Waals surface area contributed by atoms with Crippen LogP contribution in [0.4, 0.5) is 5.69 Å². The zero-order chi connectivity index (χ0) is 37.5. The zero-order valence-corrected chi connectivity index (χ0v) is 32.2. The summed E-state index contributed by atoms with van der Waals surface area (Å²) < 4.78 is 17.0. The Labute approximate surface area is 335 Å². The molecule has 57 heavy (non-hydrogen) atoms. The Morgan fingerprint density at radius 2 is 1.44 bits per heavy atom. The largest absolute Gasteiger partial charge is 0.456 e. The molecule has 0 bridgehead atoms. The number of hydrogen-bond acceptors (Lipinski definition) is 8. The van der Waals surface area contributed by atoms with Crippen LogP contribution in [0.5, 0.6) is 5.75 Å². The minimum Gasteiger partial charge on any atom is -0.456 e. The van der Waals surface area contributed by atoms with Gasteiger partial charge in [0.1, 0.15) is 17.2 Å². The smallest absolute Gasteiger partial charge is 0.277 e. The Kier molecular flexibility index (Phi) is 7.32. The third-order valence-corrected chi connectivity index (χ3v) is 13.5. The number of aromatic amines is 1. The molecule has 4 aromatic heterocycles. The van der Waals surface area contributed by atoms with Crippen molar-refractivity contribution < 1.29 is 9.15 Å². The zero-order valence-electron chi connectivity index (χ0n) is 30.5. The number of para-hydroxylation sites is 3. The quantitative estimate of drug-likeness (QED) is 0.176. The summed E-state index contributed by atoms with van der Waals surface area (Å²) in [6, 6.07) is 40.3. The summed E-state index contributed by atoms with van der Waals surface area (Å²) in [6.45, 7) is 1.79. The van der Waals surface area contributed by atoms with Crippen LogP contribution < -0.4 is 10.1 Å². The van der Waals surface area contributed by atoms with Crippen molar-refractivity contribution in [2.24, 2.45) is 4.99 Å². The molecule has 3 aliphatic heterocycles. The van der Waals surface area contributed by atoms with Crippen molar-refractivity contribution in [1.29, 1.82) is 0 Å². The Morgan fingerprint density at radius 3 is 2.23 bits per heavy atom. The fraction of sp³-hybridized carbons (Fsp3) is 0.0833. The molecule has 1 fully saturated rings. The predicted molar refractivity (Wildman–Crippen MR) is 235 cm³/mol. The lowest BCUT2D eigenvalue weighted by Crippen LogP contribution is -2.58. The molecule has 7 heterocycles. The number of ether oxygens (including phenoxy) is 1. The van der Waals surface area contributed by atoms with Crippen LogP contribution in [0, 0.1) is 0 Å². The molecular weight excluding hydrogens is 743 g/mol. The fourth-order valence-electron chi connectivity index (χ4n) is 8.38. The van der Waals surface area contributed by atoms with E-state index in [1.165, 1.54) is 20.2 Å². The Bertz CT molecular complexity index is 3080. The summed E-state index contributed by atoms with van der Waals surface area (Å²) in [7, 11) is 0. The second-order valence-corrected chi connectivity index (χ2v) is 16.7. The highest BCUT2D eigenvalue weighted by Gasteiger charge is 2.52. The third kappa shape index (κ3) is 5.13. The predicted octanol–water partition coefficient (Wildman–Crippen LogP) is 12.5. The van der Waals surface area contributed by atoms with Gasteiger partial charge in [-0.3, -0.25) is 4.99 Å². The van der Waals surface area contributed by atoms with E-state index >= 15 is 0 Å². The van der Waals surface area contributed by atoms with E-state index in [1.807, 2.05) is 60.8 Å². The maximum absolute atomic E-state index is 7.69. The summed E-state index contributed by atoms with van der Waals surface area (Å²) in [4.78, 5) is 18.8. The van der Waals surface area contributed by atoms with Gasteiger partial charge in [-0.05, 0) is 77.9 Å². The summed E-state index contributed by atoms with van der Waals surface area (Å²) in [5.74, 6) is 1.20. The highest BCUT2D eigenvalue weighted by atomic mass is 32.1. The van der Waals surface area contributed by atoms with E-state index in [-0.39, 0.29) is 0 Å². The number of furan rings is 1. The minimum atomic E-state index is -0.969. The van der Waals surface area contributed by atoms with Crippen molar-refractivity contribution in [1.82, 2.24) is 14.9 Å². The molecule has 1 saturated heterocycles. The molecule has 0 spiro atoms. The molecule has 0 saturated carbocycles. The molecule has 3 aliphatic rings. The second kappa shape index (κ2) is 12.8. The van der Waals surface area contributed by atoms with Gasteiger partial charge in [0.25, 0.3) is 5.85 Å². The molecule has 12 rings (SSSR count). The first-order chi connectivity index (χ1) is 28.2. The molecule has 2 N–H and O–H groups in total. The second-order valence-electron chi connectivity index (χ2n) is 14.6. The van der Waals surface area contributed by atoms with E-state index in [9.17, 15) is 0 Å². The first-order valence-electron chi connectivity index (χ1n) is 19.2. The summed E-state index contributed by atoms with van der Waals surface area (Å²) >= 11 is 3.55. The lowest BCUT2D eigenvalue weighted by molar-refractivity contribution is -0.0881. The van der Waals surface area contributed by atoms with Crippen LogP contribution in [-0.4, -0.2) is 33.7 Å². The molecule has 9 heteroatoms. The summed E-state index contributed by atoms with van der Waals surface area (Å²) in [5.41, 5.74) is 7.87. The van der Waals surface area contributed by atoms with Crippen molar-refractivity contribution in [2.75, 3.05) is 18.4 Å². The number of benzene rings is 5. The summed E-state index contributed by atoms with van der Waals surface area (Å²) in [6.07, 6.45) is 13.0. The van der Waals surface area contributed by atoms with Gasteiger partial charge in [0, 0.05) is 55.6 Å². The van der Waals surface area contributed by atoms with Crippen LogP contribution in [0.25, 0.3) is 75.3 Å². The van der Waals surface area contributed by atoms with E-state index in [2.05, 4.69) is 106 Å². The van der Waals surface area contributed by atoms with Gasteiger partial charge in [0.05, 0.1) is 32.9 Å². The number of fused-ring (bicyclic) bond motifs is 5. The molecule has 9 aromatic rings. The highest BCUT2D eigenvalue weighted by Crippen LogP contribution is 2.60. The number of nitrogens with one attached hydrogen (secondary N) is 2. The van der Waals surface area contributed by atoms with Crippen LogP contribution in [-0.2, 0) is 5.85 Å². The van der Waals surface area contributed by atoms with E-state index in [4.69, 9.17) is 19.1 Å². The van der Waals surface area contributed by atoms with Gasteiger partial charge in [-0.15, -0.1) is 22.7 Å². The molecular formula is C48H33N5O2S2. The van der Waals surface area contributed by atoms with Crippen LogP contribution in [0.2, 0.25) is 0 Å². The molecule has 1 unspecified atom stereocenters. The fourth-order valence-corrected chi connectivity index (χ4v) is 10.7. The molecule has 1 atom stereocenters. The number of thiophene rings is 2. The van der Waals surface area contributed by atoms with E-state index in [1.54, 1.807) is 22.7 Å². The Hall–Kier alpha value is -6.52. The number of anilines is 1. The number of rotatable bonds is 6. The normalized spacial score (nSPS) is 20.4. The van der Waals surface area contributed by atoms with E-state index in [0.717, 1.165) is 96.4 Å². The average molecular weight is 776 g/mol. The Morgan fingerprint density at radius 1 is 0.684 bits per heavy atom. The van der Waals surface area contributed by atoms with Gasteiger partial charge >= 0.3 is 0 Å². The van der Waals surface area contributed by atoms with Crippen molar-refractivity contribution in [3.05, 3.63) is 162 Å². The summed E-state index contributed by atoms with van der Waals surface area (Å²) in [5, 5.41) is 7.53. The number of likely N-dealkylation sites (tertiary alicyclic amines) is 1. The Balaban J connectivity index is 1.26. The third-order valence-electron chi connectivity index (χ3n) is 11.2. The standard InChI is InChI=1S/C48H33N5O2S2/c1-2-12-23-49-34(19-3-1)41-44(47-50-32-17-7-8-18-33(32)51-47)42(36-26-29-14-4-9-20-35(29)54-36)43(39-27-30-15-5-10-21-37(30)56-39)45-46(41)55-48(52-45,53-24-13-25-53)40-28-31-16-6-11-22-38(31)57-40/h1-12,14-23,26-28,52H,13,24-25H2,(H,50,51)/b2-1-,3-1?,12-2?,19-3-,23-12-,34-19?,49-23?,49-34+. The molecule has 7 nitrogen and oxygen atoms in total. The van der Waals surface area contributed by atoms with Crippen molar-refractivity contribution in [3.8, 4) is 38.9 Å². The number of allylic oxidation sites excluding steroid dienone is 5. The van der Waals surface area contributed by atoms with Crippen LogP contribution in [0.15, 0.2) is 161 Å². The monoisotopic (exact) mass is 775 g/mol. The van der Waals surface area contributed by atoms with E-state index < -0.39 is 5.85 Å².